The van der Waals surface area contributed by atoms with Crippen molar-refractivity contribution in [2.45, 2.75) is 44.7 Å². The van der Waals surface area contributed by atoms with Crippen LogP contribution >= 0.6 is 0 Å². The van der Waals surface area contributed by atoms with E-state index < -0.39 is 17.9 Å². The Kier molecular flexibility index (Phi) is 5.32. The molecule has 3 atom stereocenters. The molecule has 1 unspecified atom stereocenters. The van der Waals surface area contributed by atoms with Crippen LogP contribution in [0.3, 0.4) is 0 Å². The molecule has 0 aromatic rings. The van der Waals surface area contributed by atoms with Crippen molar-refractivity contribution < 1.29 is 29.2 Å². The normalized spacial score (nSPS) is 27.8. The molecule has 0 aromatic heterocycles. The predicted molar refractivity (Wildman–Crippen MR) is 58.2 cm³/mol. The first-order chi connectivity index (χ1) is 7.93. The Hall–Kier alpha value is -0.690. The van der Waals surface area contributed by atoms with Crippen molar-refractivity contribution in [1.82, 2.24) is 0 Å². The zero-order valence-electron chi connectivity index (χ0n) is 10.2. The maximum Gasteiger partial charge on any atom is 0.311 e. The number of ether oxygens (including phenoxy) is 3. The maximum absolute atomic E-state index is 11.2. The molecule has 1 saturated heterocycles. The minimum Gasteiger partial charge on any atom is -0.466 e. The smallest absolute Gasteiger partial charge is 0.311 e. The number of carbonyl (C=O) groups excluding carboxylic acids is 1. The summed E-state index contributed by atoms with van der Waals surface area (Å²) in [7, 11) is 0. The van der Waals surface area contributed by atoms with Crippen LogP contribution in [0.15, 0.2) is 0 Å². The summed E-state index contributed by atoms with van der Waals surface area (Å²) in [6, 6.07) is 0. The Bertz CT molecular complexity index is 252. The second-order valence-electron chi connectivity index (χ2n) is 4.31. The van der Waals surface area contributed by atoms with E-state index in [0.29, 0.717) is 6.42 Å². The van der Waals surface area contributed by atoms with Gasteiger partial charge in [0.25, 0.3) is 0 Å². The number of rotatable bonds is 6. The summed E-state index contributed by atoms with van der Waals surface area (Å²) in [6.07, 6.45) is -0.455. The number of aliphatic hydroxyl groups is 2. The number of aliphatic hydroxyl groups excluding tert-OH is 1. The zero-order chi connectivity index (χ0) is 12.9. The third kappa shape index (κ3) is 5.45. The maximum atomic E-state index is 11.2. The molecule has 1 fully saturated rings. The van der Waals surface area contributed by atoms with E-state index in [-0.39, 0.29) is 32.3 Å². The summed E-state index contributed by atoms with van der Waals surface area (Å²) < 4.78 is 15.1. The van der Waals surface area contributed by atoms with E-state index in [0.717, 1.165) is 0 Å². The topological polar surface area (TPSA) is 85.2 Å². The lowest BCUT2D eigenvalue weighted by atomic mass is 10.2. The Labute approximate surface area is 100 Å². The highest BCUT2D eigenvalue weighted by molar-refractivity contribution is 5.70. The highest BCUT2D eigenvalue weighted by Crippen LogP contribution is 2.18. The molecule has 0 saturated carbocycles. The second kappa shape index (κ2) is 6.30. The van der Waals surface area contributed by atoms with Crippen LogP contribution in [0.2, 0.25) is 0 Å². The van der Waals surface area contributed by atoms with Gasteiger partial charge in [-0.15, -0.1) is 0 Å². The van der Waals surface area contributed by atoms with E-state index in [1.54, 1.807) is 6.92 Å². The summed E-state index contributed by atoms with van der Waals surface area (Å²) in [5.41, 5.74) is 0. The van der Waals surface area contributed by atoms with Gasteiger partial charge in [-0.2, -0.15) is 0 Å². The van der Waals surface area contributed by atoms with Gasteiger partial charge in [0.2, 0.25) is 0 Å². The average molecular weight is 248 g/mol. The van der Waals surface area contributed by atoms with Gasteiger partial charge in [-0.25, -0.2) is 0 Å². The van der Waals surface area contributed by atoms with Gasteiger partial charge < -0.3 is 24.4 Å². The number of esters is 1. The molecule has 0 spiro atoms. The molecule has 2 N–H and O–H groups in total. The lowest BCUT2D eigenvalue weighted by molar-refractivity contribution is -0.213. The molecule has 100 valence electrons. The summed E-state index contributed by atoms with van der Waals surface area (Å²) in [4.78, 5) is 11.2. The Morgan fingerprint density at radius 2 is 2.29 bits per heavy atom. The molecule has 1 rings (SSSR count). The lowest BCUT2D eigenvalue weighted by Crippen LogP contribution is -2.35. The Morgan fingerprint density at radius 3 is 2.82 bits per heavy atom. The summed E-state index contributed by atoms with van der Waals surface area (Å²) in [5, 5.41) is 19.0. The monoisotopic (exact) mass is 248 g/mol. The molecule has 0 aliphatic carbocycles. The van der Waals surface area contributed by atoms with Gasteiger partial charge in [0.15, 0.2) is 5.79 Å². The standard InChI is InChI=1S/C11H20O6/c1-3-15-10(13)5-11(2,14)17-7-9-4-8(12)6-16-9/h8-9,12,14H,3-7H2,1-2H3/t8?,9-,11+/m1/s1. The van der Waals surface area contributed by atoms with Crippen LogP contribution in [0, 0.1) is 0 Å². The van der Waals surface area contributed by atoms with Crippen molar-refractivity contribution >= 4 is 5.97 Å². The van der Waals surface area contributed by atoms with Crippen molar-refractivity contribution in [3.05, 3.63) is 0 Å². The van der Waals surface area contributed by atoms with E-state index in [1.807, 2.05) is 0 Å². The average Bonchev–Trinajstić information content (AvgIpc) is 2.61. The van der Waals surface area contributed by atoms with E-state index in [9.17, 15) is 15.0 Å². The van der Waals surface area contributed by atoms with Crippen LogP contribution in [0.1, 0.15) is 26.7 Å². The molecule has 0 bridgehead atoms. The number of carbonyl (C=O) groups is 1. The molecule has 1 aliphatic rings. The molecule has 6 heteroatoms. The first kappa shape index (κ1) is 14.4. The van der Waals surface area contributed by atoms with Gasteiger partial charge in [0.1, 0.15) is 0 Å². The highest BCUT2D eigenvalue weighted by Gasteiger charge is 2.30. The first-order valence-electron chi connectivity index (χ1n) is 5.74. The minimum atomic E-state index is -1.57. The molecule has 1 aliphatic heterocycles. The minimum absolute atomic E-state index is 0.142. The quantitative estimate of drug-likeness (QED) is 0.501. The van der Waals surface area contributed by atoms with Crippen molar-refractivity contribution in [2.24, 2.45) is 0 Å². The molecule has 17 heavy (non-hydrogen) atoms. The van der Waals surface area contributed by atoms with E-state index in [1.165, 1.54) is 6.92 Å². The SMILES string of the molecule is CCOC(=O)C[C@@](C)(O)OC[C@H]1CC(O)CO1. The van der Waals surface area contributed by atoms with Crippen LogP contribution in [0.25, 0.3) is 0 Å². The molecule has 6 nitrogen and oxygen atoms in total. The predicted octanol–water partition coefficient (Wildman–Crippen LogP) is -0.186. The van der Waals surface area contributed by atoms with Crippen molar-refractivity contribution in [2.75, 3.05) is 19.8 Å². The molecule has 1 heterocycles. The highest BCUT2D eigenvalue weighted by atomic mass is 16.6. The third-order valence-corrected chi connectivity index (χ3v) is 2.42. The third-order valence-electron chi connectivity index (χ3n) is 2.42. The number of hydrogen-bond acceptors (Lipinski definition) is 6. The van der Waals surface area contributed by atoms with Gasteiger partial charge in [-0.1, -0.05) is 0 Å². The van der Waals surface area contributed by atoms with Gasteiger partial charge in [-0.3, -0.25) is 4.79 Å². The van der Waals surface area contributed by atoms with Crippen LogP contribution in [0.4, 0.5) is 0 Å². The summed E-state index contributed by atoms with van der Waals surface area (Å²) in [5.74, 6) is -2.08. The van der Waals surface area contributed by atoms with Crippen LogP contribution in [0.5, 0.6) is 0 Å². The molecule has 0 radical (unpaired) electrons. The van der Waals surface area contributed by atoms with Crippen LogP contribution < -0.4 is 0 Å². The number of hydrogen-bond donors (Lipinski definition) is 2. The largest absolute Gasteiger partial charge is 0.466 e. The fraction of sp³-hybridized carbons (Fsp3) is 0.909. The Morgan fingerprint density at radius 1 is 1.59 bits per heavy atom. The van der Waals surface area contributed by atoms with Crippen molar-refractivity contribution in [3.8, 4) is 0 Å². The van der Waals surface area contributed by atoms with E-state index in [4.69, 9.17) is 14.2 Å². The summed E-state index contributed by atoms with van der Waals surface area (Å²) in [6.45, 7) is 3.79. The van der Waals surface area contributed by atoms with Gasteiger partial charge >= 0.3 is 5.97 Å². The van der Waals surface area contributed by atoms with E-state index >= 15 is 0 Å². The zero-order valence-corrected chi connectivity index (χ0v) is 10.2. The van der Waals surface area contributed by atoms with Crippen LogP contribution in [-0.4, -0.2) is 54.0 Å². The molecule has 0 aromatic carbocycles. The molecular weight excluding hydrogens is 228 g/mol. The fourth-order valence-electron chi connectivity index (χ4n) is 1.61. The fourth-order valence-corrected chi connectivity index (χ4v) is 1.61. The van der Waals surface area contributed by atoms with Crippen molar-refractivity contribution in [1.29, 1.82) is 0 Å². The van der Waals surface area contributed by atoms with Gasteiger partial charge in [0, 0.05) is 6.42 Å². The van der Waals surface area contributed by atoms with Crippen LogP contribution in [-0.2, 0) is 19.0 Å². The van der Waals surface area contributed by atoms with Gasteiger partial charge in [-0.05, 0) is 13.8 Å². The molecular formula is C11H20O6. The summed E-state index contributed by atoms with van der Waals surface area (Å²) >= 11 is 0. The second-order valence-corrected chi connectivity index (χ2v) is 4.31. The Balaban J connectivity index is 2.26. The molecule has 0 amide bonds. The van der Waals surface area contributed by atoms with Gasteiger partial charge in [0.05, 0.1) is 38.4 Å². The lowest BCUT2D eigenvalue weighted by Gasteiger charge is -2.24. The first-order valence-corrected chi connectivity index (χ1v) is 5.74. The van der Waals surface area contributed by atoms with E-state index in [2.05, 4.69) is 0 Å². The van der Waals surface area contributed by atoms with Crippen molar-refractivity contribution in [3.63, 3.8) is 0 Å².